The van der Waals surface area contributed by atoms with Gasteiger partial charge in [-0.25, -0.2) is 4.79 Å². The summed E-state index contributed by atoms with van der Waals surface area (Å²) < 4.78 is 0. The van der Waals surface area contributed by atoms with Crippen LogP contribution >= 0.6 is 0 Å². The van der Waals surface area contributed by atoms with Gasteiger partial charge in [0, 0.05) is 6.54 Å². The fraction of sp³-hybridized carbons (Fsp3) is 0.667. The van der Waals surface area contributed by atoms with Crippen LogP contribution in [0.3, 0.4) is 0 Å². The molecule has 0 saturated carbocycles. The highest BCUT2D eigenvalue weighted by Gasteiger charge is 2.27. The summed E-state index contributed by atoms with van der Waals surface area (Å²) in [6.07, 6.45) is 1.13. The van der Waals surface area contributed by atoms with Gasteiger partial charge in [-0.3, -0.25) is 0 Å². The second-order valence-corrected chi connectivity index (χ2v) is 2.51. The number of likely N-dealkylation sites (tertiary alicyclic amines) is 1. The number of hydrogen-bond acceptors (Lipinski definition) is 3. The SMILES string of the molecule is NC(=O)N1CCC[C@@H]1C(=O)[O-]. The largest absolute Gasteiger partial charge is 0.548 e. The van der Waals surface area contributed by atoms with E-state index in [9.17, 15) is 14.7 Å². The van der Waals surface area contributed by atoms with E-state index in [0.717, 1.165) is 4.90 Å². The molecule has 1 fully saturated rings. The first-order valence-electron chi connectivity index (χ1n) is 3.40. The van der Waals surface area contributed by atoms with Crippen LogP contribution in [0.1, 0.15) is 12.8 Å². The average molecular weight is 157 g/mol. The predicted octanol–water partition coefficient (Wildman–Crippen LogP) is -1.72. The molecule has 0 bridgehead atoms. The summed E-state index contributed by atoms with van der Waals surface area (Å²) in [4.78, 5) is 22.0. The second kappa shape index (κ2) is 2.77. The maximum Gasteiger partial charge on any atom is 0.315 e. The average Bonchev–Trinajstić information content (AvgIpc) is 2.32. The van der Waals surface area contributed by atoms with E-state index in [-0.39, 0.29) is 0 Å². The topological polar surface area (TPSA) is 86.5 Å². The Morgan fingerprint density at radius 1 is 1.55 bits per heavy atom. The Kier molecular flexibility index (Phi) is 1.98. The fourth-order valence-corrected chi connectivity index (χ4v) is 1.28. The molecular formula is C6H9N2O3-. The zero-order chi connectivity index (χ0) is 8.43. The monoisotopic (exact) mass is 157 g/mol. The van der Waals surface area contributed by atoms with Gasteiger partial charge in [0.15, 0.2) is 0 Å². The minimum Gasteiger partial charge on any atom is -0.548 e. The third-order valence-electron chi connectivity index (χ3n) is 1.81. The van der Waals surface area contributed by atoms with Gasteiger partial charge in [-0.05, 0) is 12.8 Å². The Balaban J connectivity index is 2.65. The molecule has 0 aromatic rings. The highest BCUT2D eigenvalue weighted by atomic mass is 16.4. The summed E-state index contributed by atoms with van der Waals surface area (Å²) in [5, 5.41) is 10.4. The number of carbonyl (C=O) groups is 2. The van der Waals surface area contributed by atoms with Gasteiger partial charge < -0.3 is 20.5 Å². The van der Waals surface area contributed by atoms with Crippen LogP contribution in [-0.4, -0.2) is 29.5 Å². The third kappa shape index (κ3) is 1.42. The lowest BCUT2D eigenvalue weighted by Crippen LogP contribution is -2.48. The zero-order valence-corrected chi connectivity index (χ0v) is 5.95. The lowest BCUT2D eigenvalue weighted by Gasteiger charge is -2.22. The molecule has 5 heteroatoms. The molecule has 5 nitrogen and oxygen atoms in total. The van der Waals surface area contributed by atoms with Gasteiger partial charge in [-0.2, -0.15) is 0 Å². The molecule has 0 spiro atoms. The molecule has 0 aliphatic carbocycles. The van der Waals surface area contributed by atoms with Crippen molar-refractivity contribution in [2.24, 2.45) is 5.73 Å². The van der Waals surface area contributed by atoms with Crippen LogP contribution in [0, 0.1) is 0 Å². The van der Waals surface area contributed by atoms with E-state index < -0.39 is 18.0 Å². The summed E-state index contributed by atoms with van der Waals surface area (Å²) in [5.41, 5.74) is 4.92. The third-order valence-corrected chi connectivity index (χ3v) is 1.81. The number of carbonyl (C=O) groups excluding carboxylic acids is 2. The van der Waals surface area contributed by atoms with Gasteiger partial charge in [-0.15, -0.1) is 0 Å². The van der Waals surface area contributed by atoms with Crippen LogP contribution in [0.5, 0.6) is 0 Å². The maximum absolute atomic E-state index is 10.6. The lowest BCUT2D eigenvalue weighted by atomic mass is 10.2. The summed E-state index contributed by atoms with van der Waals surface area (Å²) in [6.45, 7) is 0.425. The molecule has 1 aliphatic rings. The van der Waals surface area contributed by atoms with Crippen LogP contribution < -0.4 is 10.8 Å². The molecule has 2 N–H and O–H groups in total. The molecule has 0 aromatic heterocycles. The van der Waals surface area contributed by atoms with Crippen LogP contribution in [-0.2, 0) is 4.79 Å². The molecule has 0 unspecified atom stereocenters. The Hall–Kier alpha value is -1.26. The number of urea groups is 1. The van der Waals surface area contributed by atoms with Crippen molar-refractivity contribution in [3.8, 4) is 0 Å². The summed E-state index contributed by atoms with van der Waals surface area (Å²) in [6, 6.07) is -1.50. The molecule has 1 rings (SSSR count). The van der Waals surface area contributed by atoms with Gasteiger partial charge in [0.1, 0.15) is 0 Å². The van der Waals surface area contributed by atoms with Gasteiger partial charge in [0.25, 0.3) is 0 Å². The number of rotatable bonds is 1. The van der Waals surface area contributed by atoms with Crippen molar-refractivity contribution in [2.45, 2.75) is 18.9 Å². The van der Waals surface area contributed by atoms with E-state index in [1.54, 1.807) is 0 Å². The lowest BCUT2D eigenvalue weighted by molar-refractivity contribution is -0.310. The summed E-state index contributed by atoms with van der Waals surface area (Å²) in [7, 11) is 0. The highest BCUT2D eigenvalue weighted by Crippen LogP contribution is 2.15. The van der Waals surface area contributed by atoms with E-state index in [2.05, 4.69) is 0 Å². The molecule has 1 atom stereocenters. The van der Waals surface area contributed by atoms with Crippen molar-refractivity contribution >= 4 is 12.0 Å². The van der Waals surface area contributed by atoms with E-state index in [0.29, 0.717) is 19.4 Å². The Morgan fingerprint density at radius 2 is 2.18 bits per heavy atom. The minimum atomic E-state index is -1.22. The number of aliphatic carboxylic acids is 1. The zero-order valence-electron chi connectivity index (χ0n) is 5.95. The normalized spacial score (nSPS) is 23.6. The van der Waals surface area contributed by atoms with Gasteiger partial charge >= 0.3 is 6.03 Å². The number of hydrogen-bond donors (Lipinski definition) is 1. The Bertz CT molecular complexity index is 172. The van der Waals surface area contributed by atoms with Crippen molar-refractivity contribution in [3.05, 3.63) is 0 Å². The fourth-order valence-electron chi connectivity index (χ4n) is 1.28. The van der Waals surface area contributed by atoms with Gasteiger partial charge in [0.05, 0.1) is 12.0 Å². The molecule has 62 valence electrons. The summed E-state index contributed by atoms with van der Waals surface area (Å²) >= 11 is 0. The van der Waals surface area contributed by atoms with E-state index >= 15 is 0 Å². The van der Waals surface area contributed by atoms with Crippen molar-refractivity contribution in [1.29, 1.82) is 0 Å². The van der Waals surface area contributed by atoms with E-state index in [1.807, 2.05) is 0 Å². The minimum absolute atomic E-state index is 0.425. The van der Waals surface area contributed by atoms with Crippen LogP contribution in [0.2, 0.25) is 0 Å². The standard InChI is InChI=1S/C6H10N2O3/c7-6(11)8-3-1-2-4(8)5(9)10/h4H,1-3H2,(H2,7,11)(H,9,10)/p-1/t4-/m1/s1. The highest BCUT2D eigenvalue weighted by molar-refractivity contribution is 5.81. The van der Waals surface area contributed by atoms with Crippen molar-refractivity contribution < 1.29 is 14.7 Å². The number of carboxylic acid groups (broad SMARTS) is 1. The first-order valence-corrected chi connectivity index (χ1v) is 3.40. The molecular weight excluding hydrogens is 148 g/mol. The van der Waals surface area contributed by atoms with Crippen LogP contribution in [0.25, 0.3) is 0 Å². The van der Waals surface area contributed by atoms with Crippen molar-refractivity contribution in [1.82, 2.24) is 4.90 Å². The number of primary amides is 1. The molecule has 2 amide bonds. The quantitative estimate of drug-likeness (QED) is 0.491. The number of nitrogens with zero attached hydrogens (tertiary/aromatic N) is 1. The molecule has 0 aromatic carbocycles. The first-order chi connectivity index (χ1) is 5.13. The van der Waals surface area contributed by atoms with E-state index in [1.165, 1.54) is 0 Å². The molecule has 1 aliphatic heterocycles. The Labute approximate surface area is 63.8 Å². The number of amides is 2. The van der Waals surface area contributed by atoms with Gasteiger partial charge in [-0.1, -0.05) is 0 Å². The molecule has 11 heavy (non-hydrogen) atoms. The van der Waals surface area contributed by atoms with Gasteiger partial charge in [0.2, 0.25) is 0 Å². The first kappa shape index (κ1) is 7.84. The van der Waals surface area contributed by atoms with E-state index in [4.69, 9.17) is 5.73 Å². The van der Waals surface area contributed by atoms with Crippen LogP contribution in [0.4, 0.5) is 4.79 Å². The molecule has 0 radical (unpaired) electrons. The predicted molar refractivity (Wildman–Crippen MR) is 34.3 cm³/mol. The van der Waals surface area contributed by atoms with Crippen molar-refractivity contribution in [3.63, 3.8) is 0 Å². The van der Waals surface area contributed by atoms with Crippen LogP contribution in [0.15, 0.2) is 0 Å². The molecule has 1 heterocycles. The second-order valence-electron chi connectivity index (χ2n) is 2.51. The summed E-state index contributed by atoms with van der Waals surface area (Å²) in [5.74, 6) is -1.22. The smallest absolute Gasteiger partial charge is 0.315 e. The maximum atomic E-state index is 10.6. The Morgan fingerprint density at radius 3 is 2.55 bits per heavy atom. The number of carboxylic acids is 1. The molecule has 1 saturated heterocycles. The van der Waals surface area contributed by atoms with Crippen molar-refractivity contribution in [2.75, 3.05) is 6.54 Å². The number of nitrogens with two attached hydrogens (primary N) is 1.